The molecular formula is C16H15N3O4. The molecule has 1 aromatic carbocycles. The normalized spacial score (nSPS) is 10.7. The van der Waals surface area contributed by atoms with Crippen LogP contribution in [0.4, 0.5) is 5.69 Å². The molecule has 0 fully saturated rings. The summed E-state index contributed by atoms with van der Waals surface area (Å²) in [4.78, 5) is 24.5. The number of aromatic amines is 1. The second-order valence-electron chi connectivity index (χ2n) is 5.09. The number of benzene rings is 1. The fourth-order valence-electron chi connectivity index (χ4n) is 2.35. The highest BCUT2D eigenvalue weighted by atomic mass is 16.5. The molecule has 0 spiro atoms. The minimum atomic E-state index is -0.724. The zero-order valence-electron chi connectivity index (χ0n) is 12.9. The summed E-state index contributed by atoms with van der Waals surface area (Å²) in [6.07, 6.45) is 0. The van der Waals surface area contributed by atoms with Gasteiger partial charge >= 0.3 is 5.63 Å². The zero-order valence-corrected chi connectivity index (χ0v) is 12.9. The molecule has 2 heterocycles. The van der Waals surface area contributed by atoms with Gasteiger partial charge in [-0.2, -0.15) is 5.10 Å². The van der Waals surface area contributed by atoms with Crippen LogP contribution >= 0.6 is 0 Å². The molecule has 2 N–H and O–H groups in total. The van der Waals surface area contributed by atoms with Crippen LogP contribution in [0.2, 0.25) is 0 Å². The summed E-state index contributed by atoms with van der Waals surface area (Å²) in [5.74, 6) is -0.107. The molecule has 0 saturated heterocycles. The second-order valence-corrected chi connectivity index (χ2v) is 5.09. The number of nitrogens with one attached hydrogen (secondary N) is 2. The number of H-pyrrole nitrogens is 1. The van der Waals surface area contributed by atoms with E-state index < -0.39 is 11.5 Å². The number of carbonyl (C=O) groups excluding carboxylic acids is 1. The fourth-order valence-corrected chi connectivity index (χ4v) is 2.35. The maximum Gasteiger partial charge on any atom is 0.349 e. The van der Waals surface area contributed by atoms with Gasteiger partial charge in [0.1, 0.15) is 5.56 Å². The van der Waals surface area contributed by atoms with Gasteiger partial charge in [0.05, 0.1) is 24.2 Å². The quantitative estimate of drug-likeness (QED) is 0.724. The molecule has 0 radical (unpaired) electrons. The van der Waals surface area contributed by atoms with E-state index in [1.54, 1.807) is 32.0 Å². The molecule has 3 aromatic rings. The van der Waals surface area contributed by atoms with Gasteiger partial charge in [0, 0.05) is 5.39 Å². The number of methoxy groups -OCH3 is 1. The SMILES string of the molecule is COc1cccc2cc(C(=O)Nc3c(C)n[nH]c3C)c(=O)oc12. The van der Waals surface area contributed by atoms with Crippen LogP contribution in [0.3, 0.4) is 0 Å². The van der Waals surface area contributed by atoms with Crippen LogP contribution < -0.4 is 15.7 Å². The molecule has 2 aromatic heterocycles. The van der Waals surface area contributed by atoms with Gasteiger partial charge < -0.3 is 14.5 Å². The highest BCUT2D eigenvalue weighted by Crippen LogP contribution is 2.25. The molecule has 0 atom stereocenters. The number of aryl methyl sites for hydroxylation is 2. The Morgan fingerprint density at radius 3 is 2.78 bits per heavy atom. The number of amides is 1. The molecule has 7 nitrogen and oxygen atoms in total. The summed E-state index contributed by atoms with van der Waals surface area (Å²) in [6, 6.07) is 6.67. The number of hydrogen-bond acceptors (Lipinski definition) is 5. The number of para-hydroxylation sites is 1. The number of ether oxygens (including phenoxy) is 1. The Balaban J connectivity index is 2.04. The van der Waals surface area contributed by atoms with Crippen LogP contribution in [0.1, 0.15) is 21.7 Å². The lowest BCUT2D eigenvalue weighted by Gasteiger charge is -2.07. The van der Waals surface area contributed by atoms with Crippen LogP contribution in [-0.4, -0.2) is 23.2 Å². The van der Waals surface area contributed by atoms with Gasteiger partial charge in [0.2, 0.25) is 0 Å². The van der Waals surface area contributed by atoms with E-state index in [1.165, 1.54) is 13.2 Å². The summed E-state index contributed by atoms with van der Waals surface area (Å²) in [5.41, 5.74) is 1.42. The Morgan fingerprint density at radius 1 is 1.35 bits per heavy atom. The third kappa shape index (κ3) is 2.57. The molecule has 0 aliphatic carbocycles. The van der Waals surface area contributed by atoms with Crippen LogP contribution in [0.15, 0.2) is 33.5 Å². The molecule has 0 aliphatic heterocycles. The molecule has 0 saturated carbocycles. The molecule has 23 heavy (non-hydrogen) atoms. The maximum absolute atomic E-state index is 12.4. The number of hydrogen-bond donors (Lipinski definition) is 2. The molecule has 3 rings (SSSR count). The number of fused-ring (bicyclic) bond motifs is 1. The van der Waals surface area contributed by atoms with Crippen LogP contribution in [0.5, 0.6) is 5.75 Å². The van der Waals surface area contributed by atoms with Crippen molar-refractivity contribution in [1.82, 2.24) is 10.2 Å². The molecular weight excluding hydrogens is 298 g/mol. The van der Waals surface area contributed by atoms with Gasteiger partial charge in [-0.1, -0.05) is 12.1 Å². The zero-order chi connectivity index (χ0) is 16.6. The first-order valence-electron chi connectivity index (χ1n) is 6.95. The van der Waals surface area contributed by atoms with Gasteiger partial charge in [0.25, 0.3) is 5.91 Å². The minimum Gasteiger partial charge on any atom is -0.493 e. The predicted molar refractivity (Wildman–Crippen MR) is 85.1 cm³/mol. The van der Waals surface area contributed by atoms with Crippen molar-refractivity contribution in [3.63, 3.8) is 0 Å². The van der Waals surface area contributed by atoms with E-state index in [1.807, 2.05) is 0 Å². The third-order valence-corrected chi connectivity index (χ3v) is 3.56. The molecule has 0 bridgehead atoms. The molecule has 0 unspecified atom stereocenters. The van der Waals surface area contributed by atoms with E-state index in [2.05, 4.69) is 15.5 Å². The van der Waals surface area contributed by atoms with Gasteiger partial charge in [-0.3, -0.25) is 9.89 Å². The van der Waals surface area contributed by atoms with E-state index in [0.29, 0.717) is 33.8 Å². The smallest absolute Gasteiger partial charge is 0.349 e. The van der Waals surface area contributed by atoms with E-state index in [4.69, 9.17) is 9.15 Å². The average Bonchev–Trinajstić information content (AvgIpc) is 2.85. The number of carbonyl (C=O) groups is 1. The number of aromatic nitrogens is 2. The van der Waals surface area contributed by atoms with Crippen molar-refractivity contribution in [2.24, 2.45) is 0 Å². The lowest BCUT2D eigenvalue weighted by atomic mass is 10.1. The van der Waals surface area contributed by atoms with Crippen molar-refractivity contribution < 1.29 is 13.9 Å². The number of nitrogens with zero attached hydrogens (tertiary/aromatic N) is 1. The molecule has 1 amide bonds. The first-order valence-corrected chi connectivity index (χ1v) is 6.95. The molecule has 0 aliphatic rings. The topological polar surface area (TPSA) is 97.2 Å². The Kier molecular flexibility index (Phi) is 3.61. The fraction of sp³-hybridized carbons (Fsp3) is 0.188. The first kappa shape index (κ1) is 14.8. The average molecular weight is 313 g/mol. The highest BCUT2D eigenvalue weighted by Gasteiger charge is 2.18. The maximum atomic E-state index is 12.4. The van der Waals surface area contributed by atoms with Gasteiger partial charge in [0.15, 0.2) is 11.3 Å². The molecule has 118 valence electrons. The monoisotopic (exact) mass is 313 g/mol. The first-order chi connectivity index (χ1) is 11.0. The number of anilines is 1. The summed E-state index contributed by atoms with van der Waals surface area (Å²) in [6.45, 7) is 3.54. The lowest BCUT2D eigenvalue weighted by molar-refractivity contribution is 0.102. The van der Waals surface area contributed by atoms with Crippen LogP contribution in [0, 0.1) is 13.8 Å². The standard InChI is InChI=1S/C16H15N3O4/c1-8-13(9(2)19-18-8)17-15(20)11-7-10-5-4-6-12(22-3)14(10)23-16(11)21/h4-7H,1-3H3,(H,17,20)(H,18,19). The number of rotatable bonds is 3. The summed E-state index contributed by atoms with van der Waals surface area (Å²) < 4.78 is 10.4. The van der Waals surface area contributed by atoms with Crippen LogP contribution in [0.25, 0.3) is 11.0 Å². The van der Waals surface area contributed by atoms with Crippen molar-refractivity contribution in [2.75, 3.05) is 12.4 Å². The van der Waals surface area contributed by atoms with Gasteiger partial charge in [-0.05, 0) is 26.0 Å². The van der Waals surface area contributed by atoms with Crippen molar-refractivity contribution in [1.29, 1.82) is 0 Å². The van der Waals surface area contributed by atoms with E-state index in [-0.39, 0.29) is 5.56 Å². The summed E-state index contributed by atoms with van der Waals surface area (Å²) in [5, 5.41) is 10.1. The molecule has 7 heteroatoms. The third-order valence-electron chi connectivity index (χ3n) is 3.56. The second kappa shape index (κ2) is 5.60. The van der Waals surface area contributed by atoms with Crippen LogP contribution in [-0.2, 0) is 0 Å². The lowest BCUT2D eigenvalue weighted by Crippen LogP contribution is -2.21. The van der Waals surface area contributed by atoms with Gasteiger partial charge in [-0.25, -0.2) is 4.79 Å². The van der Waals surface area contributed by atoms with E-state index in [9.17, 15) is 9.59 Å². The highest BCUT2D eigenvalue weighted by molar-refractivity contribution is 6.06. The summed E-state index contributed by atoms with van der Waals surface area (Å²) in [7, 11) is 1.49. The Hall–Kier alpha value is -3.09. The predicted octanol–water partition coefficient (Wildman–Crippen LogP) is 2.39. The van der Waals surface area contributed by atoms with E-state index >= 15 is 0 Å². The Morgan fingerprint density at radius 2 is 2.13 bits per heavy atom. The van der Waals surface area contributed by atoms with Crippen molar-refractivity contribution >= 4 is 22.6 Å². The Bertz CT molecular complexity index is 936. The van der Waals surface area contributed by atoms with E-state index in [0.717, 1.165) is 0 Å². The summed E-state index contributed by atoms with van der Waals surface area (Å²) >= 11 is 0. The van der Waals surface area contributed by atoms with Gasteiger partial charge in [-0.15, -0.1) is 0 Å². The van der Waals surface area contributed by atoms with Crippen molar-refractivity contribution in [2.45, 2.75) is 13.8 Å². The minimum absolute atomic E-state index is 0.0780. The van der Waals surface area contributed by atoms with Crippen molar-refractivity contribution in [3.05, 3.63) is 51.6 Å². The Labute approximate surface area is 131 Å². The largest absolute Gasteiger partial charge is 0.493 e. The van der Waals surface area contributed by atoms with Crippen molar-refractivity contribution in [3.8, 4) is 5.75 Å².